The van der Waals surface area contributed by atoms with E-state index in [1.54, 1.807) is 0 Å². The molecule has 0 amide bonds. The summed E-state index contributed by atoms with van der Waals surface area (Å²) in [5.41, 5.74) is 11.4. The largest absolute Gasteiger partial charge is 0.455 e. The van der Waals surface area contributed by atoms with Gasteiger partial charge in [-0.3, -0.25) is 0 Å². The van der Waals surface area contributed by atoms with Crippen LogP contribution in [0, 0.1) is 0 Å². The van der Waals surface area contributed by atoms with E-state index < -0.39 is 0 Å². The Bertz CT molecular complexity index is 3410. The molecule has 4 heterocycles. The van der Waals surface area contributed by atoms with E-state index in [9.17, 15) is 0 Å². The molecule has 4 aromatic heterocycles. The van der Waals surface area contributed by atoms with Gasteiger partial charge in [0.2, 0.25) is 0 Å². The molecule has 52 heavy (non-hydrogen) atoms. The molecule has 8 aromatic carbocycles. The Morgan fingerprint density at radius 3 is 1.75 bits per heavy atom. The lowest BCUT2D eigenvalue weighted by atomic mass is 9.97. The van der Waals surface area contributed by atoms with Gasteiger partial charge in [0.1, 0.15) is 11.2 Å². The van der Waals surface area contributed by atoms with Crippen molar-refractivity contribution in [3.05, 3.63) is 170 Å². The van der Waals surface area contributed by atoms with Crippen molar-refractivity contribution in [1.82, 2.24) is 9.13 Å². The molecule has 242 valence electrons. The first-order valence-electron chi connectivity index (χ1n) is 17.7. The van der Waals surface area contributed by atoms with Gasteiger partial charge in [0, 0.05) is 69.4 Å². The average Bonchev–Trinajstić information content (AvgIpc) is 3.95. The first kappa shape index (κ1) is 28.1. The maximum atomic E-state index is 6.52. The Kier molecular flexibility index (Phi) is 5.65. The highest BCUT2D eigenvalue weighted by Gasteiger charge is 2.22. The number of fused-ring (bicyclic) bond motifs is 13. The molecular formula is C48H28N2OS. The van der Waals surface area contributed by atoms with Gasteiger partial charge in [-0.1, -0.05) is 121 Å². The number of hydrogen-bond donors (Lipinski definition) is 0. The van der Waals surface area contributed by atoms with Gasteiger partial charge >= 0.3 is 0 Å². The van der Waals surface area contributed by atoms with Gasteiger partial charge in [0.25, 0.3) is 0 Å². The summed E-state index contributed by atoms with van der Waals surface area (Å²) < 4.78 is 14.0. The van der Waals surface area contributed by atoms with Crippen LogP contribution in [0.15, 0.2) is 174 Å². The normalized spacial score (nSPS) is 12.2. The molecule has 0 bridgehead atoms. The molecule has 0 fully saturated rings. The molecule has 3 nitrogen and oxygen atoms in total. The van der Waals surface area contributed by atoms with Gasteiger partial charge in [-0.25, -0.2) is 0 Å². The molecule has 0 unspecified atom stereocenters. The van der Waals surface area contributed by atoms with Gasteiger partial charge in [-0.05, 0) is 54.1 Å². The molecule has 0 N–H and O–H groups in total. The van der Waals surface area contributed by atoms with Crippen LogP contribution in [0.5, 0.6) is 0 Å². The zero-order valence-electron chi connectivity index (χ0n) is 27.9. The first-order valence-corrected chi connectivity index (χ1v) is 18.5. The summed E-state index contributed by atoms with van der Waals surface area (Å²) in [5.74, 6) is 0. The highest BCUT2D eigenvalue weighted by molar-refractivity contribution is 7.26. The predicted octanol–water partition coefficient (Wildman–Crippen LogP) is 13.8. The lowest BCUT2D eigenvalue weighted by Crippen LogP contribution is -1.98. The molecule has 12 aromatic rings. The summed E-state index contributed by atoms with van der Waals surface area (Å²) in [4.78, 5) is 0. The van der Waals surface area contributed by atoms with Crippen molar-refractivity contribution in [1.29, 1.82) is 0 Å². The topological polar surface area (TPSA) is 23.0 Å². The van der Waals surface area contributed by atoms with Gasteiger partial charge in [-0.15, -0.1) is 11.3 Å². The van der Waals surface area contributed by atoms with Crippen LogP contribution in [0.1, 0.15) is 0 Å². The summed E-state index contributed by atoms with van der Waals surface area (Å²) in [6, 6.07) is 61.6. The van der Waals surface area contributed by atoms with E-state index >= 15 is 0 Å². The van der Waals surface area contributed by atoms with Gasteiger partial charge < -0.3 is 13.6 Å². The second kappa shape index (κ2) is 10.5. The number of rotatable bonds is 3. The Labute approximate surface area is 301 Å². The summed E-state index contributed by atoms with van der Waals surface area (Å²) in [5, 5.41) is 9.85. The fourth-order valence-corrected chi connectivity index (χ4v) is 9.92. The third-order valence-electron chi connectivity index (χ3n) is 10.9. The standard InChI is InChI=1S/C48H28N2OS/c1-2-12-29(13-3-1)49-40-20-7-4-14-31(40)35-26-27-36-32-15-5-8-21-41(32)50(47(36)46(35)49)30-24-25-39-44(28-30)52-43-23-11-17-34(45(39)43)38-19-10-18-37-33-16-6-9-22-42(33)51-48(37)38/h1-28H. The Balaban J connectivity index is 1.16. The minimum atomic E-state index is 0.920. The van der Waals surface area contributed by atoms with E-state index in [0.717, 1.165) is 38.9 Å². The van der Waals surface area contributed by atoms with E-state index in [1.807, 2.05) is 17.4 Å². The quantitative estimate of drug-likeness (QED) is 0.182. The van der Waals surface area contributed by atoms with Crippen LogP contribution < -0.4 is 0 Å². The zero-order chi connectivity index (χ0) is 33.9. The molecule has 0 radical (unpaired) electrons. The van der Waals surface area contributed by atoms with E-state index in [1.165, 1.54) is 69.3 Å². The van der Waals surface area contributed by atoms with Gasteiger partial charge in [-0.2, -0.15) is 0 Å². The molecule has 0 saturated heterocycles. The van der Waals surface area contributed by atoms with Crippen LogP contribution in [0.2, 0.25) is 0 Å². The highest BCUT2D eigenvalue weighted by Crippen LogP contribution is 2.46. The van der Waals surface area contributed by atoms with Crippen molar-refractivity contribution < 1.29 is 4.42 Å². The molecule has 0 aliphatic heterocycles. The van der Waals surface area contributed by atoms with E-state index in [-0.39, 0.29) is 0 Å². The highest BCUT2D eigenvalue weighted by atomic mass is 32.1. The van der Waals surface area contributed by atoms with Crippen molar-refractivity contribution in [3.63, 3.8) is 0 Å². The summed E-state index contributed by atoms with van der Waals surface area (Å²) in [7, 11) is 0. The molecule has 0 atom stereocenters. The minimum absolute atomic E-state index is 0.920. The summed E-state index contributed by atoms with van der Waals surface area (Å²) in [6.07, 6.45) is 0. The van der Waals surface area contributed by atoms with Crippen LogP contribution in [0.3, 0.4) is 0 Å². The number of furan rings is 1. The van der Waals surface area contributed by atoms with Crippen LogP contribution >= 0.6 is 11.3 Å². The monoisotopic (exact) mass is 680 g/mol. The maximum absolute atomic E-state index is 6.52. The molecule has 0 spiro atoms. The third kappa shape index (κ3) is 3.74. The molecular weight excluding hydrogens is 653 g/mol. The van der Waals surface area contributed by atoms with Gasteiger partial charge in [0.15, 0.2) is 0 Å². The van der Waals surface area contributed by atoms with E-state index in [4.69, 9.17) is 4.42 Å². The number of para-hydroxylation sites is 5. The van der Waals surface area contributed by atoms with Crippen LogP contribution in [0.25, 0.3) is 108 Å². The van der Waals surface area contributed by atoms with Crippen molar-refractivity contribution in [2.45, 2.75) is 0 Å². The Hall–Kier alpha value is -6.62. The van der Waals surface area contributed by atoms with Crippen molar-refractivity contribution in [3.8, 4) is 22.5 Å². The number of aromatic nitrogens is 2. The average molecular weight is 681 g/mol. The molecule has 0 aliphatic rings. The first-order chi connectivity index (χ1) is 25.8. The van der Waals surface area contributed by atoms with E-state index in [2.05, 4.69) is 173 Å². The Morgan fingerprint density at radius 2 is 0.981 bits per heavy atom. The summed E-state index contributed by atoms with van der Waals surface area (Å²) >= 11 is 1.86. The second-order valence-electron chi connectivity index (χ2n) is 13.6. The van der Waals surface area contributed by atoms with Crippen LogP contribution in [-0.2, 0) is 0 Å². The molecule has 0 saturated carbocycles. The van der Waals surface area contributed by atoms with Crippen molar-refractivity contribution in [2.24, 2.45) is 0 Å². The number of hydrogen-bond acceptors (Lipinski definition) is 2. The molecule has 12 rings (SSSR count). The van der Waals surface area contributed by atoms with Crippen molar-refractivity contribution >= 4 is 97.1 Å². The third-order valence-corrected chi connectivity index (χ3v) is 12.0. The lowest BCUT2D eigenvalue weighted by Gasteiger charge is -2.13. The molecule has 0 aliphatic carbocycles. The number of benzene rings is 8. The fraction of sp³-hybridized carbons (Fsp3) is 0. The van der Waals surface area contributed by atoms with E-state index in [0.29, 0.717) is 0 Å². The molecule has 4 heteroatoms. The smallest absolute Gasteiger partial charge is 0.143 e. The van der Waals surface area contributed by atoms with Crippen LogP contribution in [-0.4, -0.2) is 9.13 Å². The second-order valence-corrected chi connectivity index (χ2v) is 14.7. The minimum Gasteiger partial charge on any atom is -0.455 e. The number of nitrogens with zero attached hydrogens (tertiary/aromatic N) is 2. The maximum Gasteiger partial charge on any atom is 0.143 e. The fourth-order valence-electron chi connectivity index (χ4n) is 8.75. The van der Waals surface area contributed by atoms with Crippen LogP contribution in [0.4, 0.5) is 0 Å². The lowest BCUT2D eigenvalue weighted by molar-refractivity contribution is 0.670. The van der Waals surface area contributed by atoms with Crippen molar-refractivity contribution in [2.75, 3.05) is 0 Å². The predicted molar refractivity (Wildman–Crippen MR) is 221 cm³/mol. The summed E-state index contributed by atoms with van der Waals surface area (Å²) in [6.45, 7) is 0. The Morgan fingerprint density at radius 1 is 0.385 bits per heavy atom. The van der Waals surface area contributed by atoms with Gasteiger partial charge in [0.05, 0.1) is 22.1 Å². The number of thiophene rings is 1. The SMILES string of the molecule is c1ccc(-n2c3ccccc3c3ccc4c5ccccc5n(-c5ccc6c(c5)sc5cccc(-c7cccc8c7oc7ccccc78)c56)c4c32)cc1. The zero-order valence-corrected chi connectivity index (χ0v) is 28.7.